The van der Waals surface area contributed by atoms with Crippen LogP contribution in [0.25, 0.3) is 10.2 Å². The molecule has 1 aromatic carbocycles. The lowest BCUT2D eigenvalue weighted by Crippen LogP contribution is -2.29. The largest absolute Gasteiger partial charge is 0.467 e. The Labute approximate surface area is 200 Å². The number of carbonyl (C=O) groups is 1. The predicted molar refractivity (Wildman–Crippen MR) is 133 cm³/mol. The number of aromatic nitrogens is 2. The summed E-state index contributed by atoms with van der Waals surface area (Å²) in [6, 6.07) is 12.8. The molecule has 1 fully saturated rings. The number of anilines is 2. The van der Waals surface area contributed by atoms with Crippen LogP contribution in [0, 0.1) is 12.8 Å². The second-order valence-corrected chi connectivity index (χ2v) is 9.43. The van der Waals surface area contributed by atoms with Gasteiger partial charge in [-0.25, -0.2) is 4.98 Å². The summed E-state index contributed by atoms with van der Waals surface area (Å²) in [4.78, 5) is 31.0. The third-order valence-electron chi connectivity index (χ3n) is 6.13. The lowest BCUT2D eigenvalue weighted by atomic mass is 10.00. The molecule has 0 atom stereocenters. The molecule has 4 heterocycles. The van der Waals surface area contributed by atoms with Gasteiger partial charge in [-0.3, -0.25) is 14.9 Å². The number of pyridine rings is 1. The minimum Gasteiger partial charge on any atom is -0.467 e. The Kier molecular flexibility index (Phi) is 6.46. The summed E-state index contributed by atoms with van der Waals surface area (Å²) in [6.07, 6.45) is 3.48. The fraction of sp³-hybridized carbons (Fsp3) is 0.320. The van der Waals surface area contributed by atoms with E-state index in [1.807, 2.05) is 30.3 Å². The highest BCUT2D eigenvalue weighted by Gasteiger charge is 2.22. The van der Waals surface area contributed by atoms with Gasteiger partial charge in [-0.1, -0.05) is 23.5 Å². The van der Waals surface area contributed by atoms with E-state index in [0.29, 0.717) is 40.3 Å². The Hall–Kier alpha value is -3.43. The summed E-state index contributed by atoms with van der Waals surface area (Å²) < 4.78 is 13.4. The number of ether oxygens (including phenoxy) is 1. The van der Waals surface area contributed by atoms with Crippen molar-refractivity contribution in [2.24, 2.45) is 5.92 Å². The van der Waals surface area contributed by atoms with Crippen LogP contribution in [-0.2, 0) is 11.3 Å². The van der Waals surface area contributed by atoms with Crippen molar-refractivity contribution in [3.05, 3.63) is 76.1 Å². The Morgan fingerprint density at radius 3 is 2.79 bits per heavy atom. The summed E-state index contributed by atoms with van der Waals surface area (Å²) in [6.45, 7) is 4.19. The minimum absolute atomic E-state index is 0.195. The van der Waals surface area contributed by atoms with Crippen molar-refractivity contribution in [1.29, 1.82) is 0 Å². The molecular weight excluding hydrogens is 452 g/mol. The molecule has 8 nitrogen and oxygen atoms in total. The van der Waals surface area contributed by atoms with Gasteiger partial charge in [0.25, 0.3) is 11.5 Å². The zero-order chi connectivity index (χ0) is 23.5. The average Bonchev–Trinajstić information content (AvgIpc) is 3.50. The fourth-order valence-corrected chi connectivity index (χ4v) is 5.10. The molecule has 1 saturated heterocycles. The van der Waals surface area contributed by atoms with Crippen molar-refractivity contribution in [3.63, 3.8) is 0 Å². The first kappa shape index (κ1) is 22.4. The second-order valence-electron chi connectivity index (χ2n) is 8.40. The van der Waals surface area contributed by atoms with Crippen molar-refractivity contribution in [3.8, 4) is 0 Å². The number of amides is 1. The van der Waals surface area contributed by atoms with E-state index in [1.54, 1.807) is 23.8 Å². The molecule has 176 valence electrons. The molecule has 0 spiro atoms. The van der Waals surface area contributed by atoms with Crippen LogP contribution in [0.15, 0.2) is 57.9 Å². The number of rotatable bonds is 7. The molecule has 1 amide bonds. The summed E-state index contributed by atoms with van der Waals surface area (Å²) >= 11 is 1.42. The standard InChI is InChI=1S/C25H26N4O4S/c1-16-23(24(31)28-25-27-19-6-2-3-7-21(19)34-25)20(26-14-17-8-11-32-12-9-17)13-22(30)29(16)15-18-5-4-10-33-18/h2-7,10,13,17,26H,8-9,11-12,14-15H2,1H3,(H,27,28,31). The molecule has 0 radical (unpaired) electrons. The van der Waals surface area contributed by atoms with E-state index in [2.05, 4.69) is 15.6 Å². The number of fused-ring (bicyclic) bond motifs is 1. The van der Waals surface area contributed by atoms with E-state index < -0.39 is 0 Å². The summed E-state index contributed by atoms with van der Waals surface area (Å²) in [7, 11) is 0. The molecule has 4 aromatic rings. The number of hydrogen-bond donors (Lipinski definition) is 2. The van der Waals surface area contributed by atoms with Gasteiger partial charge in [0, 0.05) is 31.5 Å². The molecule has 0 saturated carbocycles. The zero-order valence-corrected chi connectivity index (χ0v) is 19.7. The van der Waals surface area contributed by atoms with Gasteiger partial charge >= 0.3 is 0 Å². The maximum absolute atomic E-state index is 13.5. The molecule has 1 aliphatic rings. The summed E-state index contributed by atoms with van der Waals surface area (Å²) in [5, 5.41) is 6.83. The number of thiazole rings is 1. The van der Waals surface area contributed by atoms with Crippen LogP contribution >= 0.6 is 11.3 Å². The van der Waals surface area contributed by atoms with Crippen LogP contribution < -0.4 is 16.2 Å². The third-order valence-corrected chi connectivity index (χ3v) is 7.08. The Balaban J connectivity index is 1.47. The van der Waals surface area contributed by atoms with E-state index >= 15 is 0 Å². The number of benzene rings is 1. The Bertz CT molecular complexity index is 1320. The quantitative estimate of drug-likeness (QED) is 0.406. The number of nitrogens with zero attached hydrogens (tertiary/aromatic N) is 2. The van der Waals surface area contributed by atoms with E-state index in [0.717, 1.165) is 36.3 Å². The monoisotopic (exact) mass is 478 g/mol. The number of carbonyl (C=O) groups excluding carboxylic acids is 1. The molecule has 3 aromatic heterocycles. The Morgan fingerprint density at radius 2 is 2.03 bits per heavy atom. The van der Waals surface area contributed by atoms with Crippen LogP contribution in [-0.4, -0.2) is 35.2 Å². The van der Waals surface area contributed by atoms with Gasteiger partial charge in [-0.05, 0) is 49.9 Å². The predicted octanol–water partition coefficient (Wildman–Crippen LogP) is 4.50. The minimum atomic E-state index is -0.306. The van der Waals surface area contributed by atoms with E-state index in [-0.39, 0.29) is 18.0 Å². The highest BCUT2D eigenvalue weighted by molar-refractivity contribution is 7.22. The van der Waals surface area contributed by atoms with Gasteiger partial charge in [0.05, 0.1) is 34.3 Å². The smallest absolute Gasteiger partial charge is 0.261 e. The van der Waals surface area contributed by atoms with Gasteiger partial charge in [-0.2, -0.15) is 0 Å². The molecule has 0 aliphatic carbocycles. The topological polar surface area (TPSA) is 98.4 Å². The fourth-order valence-electron chi connectivity index (χ4n) is 4.24. The molecular formula is C25H26N4O4S. The van der Waals surface area contributed by atoms with E-state index in [4.69, 9.17) is 9.15 Å². The van der Waals surface area contributed by atoms with Gasteiger partial charge in [0.15, 0.2) is 5.13 Å². The summed E-state index contributed by atoms with van der Waals surface area (Å²) in [5.74, 6) is 0.768. The van der Waals surface area contributed by atoms with E-state index in [1.165, 1.54) is 17.4 Å². The lowest BCUT2D eigenvalue weighted by Gasteiger charge is -2.24. The van der Waals surface area contributed by atoms with Gasteiger partial charge in [-0.15, -0.1) is 0 Å². The van der Waals surface area contributed by atoms with Gasteiger partial charge in [0.2, 0.25) is 0 Å². The SMILES string of the molecule is Cc1c(C(=O)Nc2nc3ccccc3s2)c(NCC2CCOCC2)cc(=O)n1Cc1ccco1. The second kappa shape index (κ2) is 9.82. The van der Waals surface area contributed by atoms with Crippen LogP contribution in [0.4, 0.5) is 10.8 Å². The first-order chi connectivity index (χ1) is 16.6. The van der Waals surface area contributed by atoms with Gasteiger partial charge < -0.3 is 19.0 Å². The number of furan rings is 1. The normalized spacial score (nSPS) is 14.4. The average molecular weight is 479 g/mol. The first-order valence-electron chi connectivity index (χ1n) is 11.3. The molecule has 0 unspecified atom stereocenters. The molecule has 0 bridgehead atoms. The van der Waals surface area contributed by atoms with Crippen LogP contribution in [0.5, 0.6) is 0 Å². The van der Waals surface area contributed by atoms with Crippen molar-refractivity contribution >= 4 is 38.3 Å². The van der Waals surface area contributed by atoms with Crippen LogP contribution in [0.2, 0.25) is 0 Å². The van der Waals surface area contributed by atoms with Crippen molar-refractivity contribution in [2.45, 2.75) is 26.3 Å². The molecule has 1 aliphatic heterocycles. The number of hydrogen-bond acceptors (Lipinski definition) is 7. The van der Waals surface area contributed by atoms with Crippen LogP contribution in [0.1, 0.15) is 34.7 Å². The van der Waals surface area contributed by atoms with Crippen molar-refractivity contribution < 1.29 is 13.9 Å². The highest BCUT2D eigenvalue weighted by Crippen LogP contribution is 2.27. The Morgan fingerprint density at radius 1 is 1.21 bits per heavy atom. The molecule has 34 heavy (non-hydrogen) atoms. The molecule has 5 rings (SSSR count). The molecule has 2 N–H and O–H groups in total. The number of nitrogens with one attached hydrogen (secondary N) is 2. The van der Waals surface area contributed by atoms with Crippen molar-refractivity contribution in [2.75, 3.05) is 30.4 Å². The van der Waals surface area contributed by atoms with Gasteiger partial charge in [0.1, 0.15) is 5.76 Å². The zero-order valence-electron chi connectivity index (χ0n) is 18.9. The lowest BCUT2D eigenvalue weighted by molar-refractivity contribution is 0.0699. The molecule has 9 heteroatoms. The third kappa shape index (κ3) is 4.76. The maximum Gasteiger partial charge on any atom is 0.261 e. The van der Waals surface area contributed by atoms with Crippen molar-refractivity contribution in [1.82, 2.24) is 9.55 Å². The van der Waals surface area contributed by atoms with Crippen LogP contribution in [0.3, 0.4) is 0 Å². The maximum atomic E-state index is 13.5. The first-order valence-corrected chi connectivity index (χ1v) is 12.2. The van der Waals surface area contributed by atoms with E-state index in [9.17, 15) is 9.59 Å². The highest BCUT2D eigenvalue weighted by atomic mass is 32.1. The summed E-state index contributed by atoms with van der Waals surface area (Å²) in [5.41, 5.74) is 2.16. The number of para-hydroxylation sites is 1.